The first-order valence-electron chi connectivity index (χ1n) is 11.8. The highest BCUT2D eigenvalue weighted by atomic mass is 19.4. The van der Waals surface area contributed by atoms with Crippen molar-refractivity contribution in [1.82, 2.24) is 15.0 Å². The average Bonchev–Trinajstić information content (AvgIpc) is 3.40. The Morgan fingerprint density at radius 2 is 2.03 bits per heavy atom. The van der Waals surface area contributed by atoms with Gasteiger partial charge in [-0.25, -0.2) is 4.98 Å². The number of aliphatic imine (C=N–C) groups is 1. The summed E-state index contributed by atoms with van der Waals surface area (Å²) in [4.78, 5) is 32.3. The summed E-state index contributed by atoms with van der Waals surface area (Å²) in [5, 5.41) is 5.80. The van der Waals surface area contributed by atoms with E-state index < -0.39 is 17.6 Å². The number of benzene rings is 1. The van der Waals surface area contributed by atoms with E-state index in [0.717, 1.165) is 52.2 Å². The Morgan fingerprint density at radius 3 is 2.82 bits per heavy atom. The van der Waals surface area contributed by atoms with Gasteiger partial charge in [-0.15, -0.1) is 0 Å². The first-order chi connectivity index (χ1) is 18.2. The molecule has 0 aliphatic carbocycles. The molecule has 0 saturated carbocycles. The number of fused-ring (bicyclic) bond motifs is 3. The van der Waals surface area contributed by atoms with Gasteiger partial charge in [-0.3, -0.25) is 14.8 Å². The first-order valence-corrected chi connectivity index (χ1v) is 11.8. The number of nitrogens with one attached hydrogen (secondary N) is 2. The summed E-state index contributed by atoms with van der Waals surface area (Å²) in [7, 11) is 1.62. The summed E-state index contributed by atoms with van der Waals surface area (Å²) >= 11 is 0. The molecule has 2 aliphatic heterocycles. The molecule has 5 rings (SSSR count). The van der Waals surface area contributed by atoms with E-state index >= 15 is 0 Å². The third-order valence-corrected chi connectivity index (χ3v) is 6.13. The first kappa shape index (κ1) is 25.3. The molecule has 0 radical (unpaired) electrons. The zero-order chi connectivity index (χ0) is 26.9. The minimum Gasteiger partial charge on any atom is -0.383 e. The van der Waals surface area contributed by atoms with Crippen LogP contribution in [0, 0.1) is 6.92 Å². The van der Waals surface area contributed by atoms with Crippen LogP contribution in [-0.4, -0.2) is 60.0 Å². The number of hydrogen-bond acceptors (Lipinski definition) is 8. The van der Waals surface area contributed by atoms with Crippen molar-refractivity contribution in [3.63, 3.8) is 0 Å². The van der Waals surface area contributed by atoms with Crippen LogP contribution in [0.5, 0.6) is 0 Å². The highest BCUT2D eigenvalue weighted by molar-refractivity contribution is 6.36. The van der Waals surface area contributed by atoms with Crippen LogP contribution in [0.15, 0.2) is 47.7 Å². The van der Waals surface area contributed by atoms with E-state index in [1.54, 1.807) is 25.4 Å². The number of halogens is 3. The lowest BCUT2D eigenvalue weighted by atomic mass is 9.94. The topological polar surface area (TPSA) is 105 Å². The van der Waals surface area contributed by atoms with E-state index in [2.05, 4.69) is 25.6 Å². The zero-order valence-electron chi connectivity index (χ0n) is 20.6. The van der Waals surface area contributed by atoms with Crippen molar-refractivity contribution in [2.24, 2.45) is 4.99 Å². The Kier molecular flexibility index (Phi) is 6.81. The summed E-state index contributed by atoms with van der Waals surface area (Å²) in [6.07, 6.45) is 0.0944. The number of amides is 1. The normalized spacial score (nSPS) is 14.4. The SMILES string of the molecule is COCCNc1ncc2c(n1)N1CCN=C1C(c1cc(NC(=O)c3cc(C(F)(F)F)ccn3)ccc1C)=C2. The number of pyridine rings is 1. The molecule has 1 aromatic carbocycles. The second kappa shape index (κ2) is 10.2. The van der Waals surface area contributed by atoms with Crippen LogP contribution in [0.25, 0.3) is 11.6 Å². The van der Waals surface area contributed by atoms with Gasteiger partial charge in [0.1, 0.15) is 17.3 Å². The molecule has 0 atom stereocenters. The van der Waals surface area contributed by atoms with Gasteiger partial charge in [0.15, 0.2) is 0 Å². The number of carbonyl (C=O) groups is 1. The molecule has 38 heavy (non-hydrogen) atoms. The van der Waals surface area contributed by atoms with Crippen molar-refractivity contribution in [1.29, 1.82) is 0 Å². The van der Waals surface area contributed by atoms with Gasteiger partial charge in [0.2, 0.25) is 5.95 Å². The average molecular weight is 524 g/mol. The summed E-state index contributed by atoms with van der Waals surface area (Å²) in [6.45, 7) is 4.29. The second-order valence-corrected chi connectivity index (χ2v) is 8.72. The molecule has 196 valence electrons. The molecule has 4 heterocycles. The molecule has 9 nitrogen and oxygen atoms in total. The van der Waals surface area contributed by atoms with E-state index in [0.29, 0.717) is 37.9 Å². The lowest BCUT2D eigenvalue weighted by Crippen LogP contribution is -2.32. The number of alkyl halides is 3. The van der Waals surface area contributed by atoms with Gasteiger partial charge < -0.3 is 20.3 Å². The van der Waals surface area contributed by atoms with E-state index in [1.165, 1.54) is 0 Å². The molecule has 0 unspecified atom stereocenters. The molecule has 2 N–H and O–H groups in total. The number of hydrogen-bond donors (Lipinski definition) is 2. The van der Waals surface area contributed by atoms with Gasteiger partial charge in [-0.05, 0) is 48.4 Å². The maximum Gasteiger partial charge on any atom is 0.416 e. The van der Waals surface area contributed by atoms with Crippen LogP contribution >= 0.6 is 0 Å². The molecule has 0 saturated heterocycles. The Morgan fingerprint density at radius 1 is 1.18 bits per heavy atom. The Balaban J connectivity index is 1.45. The number of ether oxygens (including phenoxy) is 1. The van der Waals surface area contributed by atoms with Crippen LogP contribution in [0.1, 0.15) is 32.7 Å². The minimum absolute atomic E-state index is 0.328. The molecular weight excluding hydrogens is 499 g/mol. The fourth-order valence-corrected chi connectivity index (χ4v) is 4.27. The number of anilines is 3. The summed E-state index contributed by atoms with van der Waals surface area (Å²) in [5.74, 6) is 1.26. The van der Waals surface area contributed by atoms with Crippen molar-refractivity contribution in [3.05, 3.63) is 70.7 Å². The predicted molar refractivity (Wildman–Crippen MR) is 138 cm³/mol. The highest BCUT2D eigenvalue weighted by Gasteiger charge is 2.32. The number of nitrogens with zero attached hydrogens (tertiary/aromatic N) is 5. The maximum absolute atomic E-state index is 13.1. The molecule has 12 heteroatoms. The summed E-state index contributed by atoms with van der Waals surface area (Å²) < 4.78 is 44.3. The van der Waals surface area contributed by atoms with E-state index in [1.807, 2.05) is 24.0 Å². The fourth-order valence-electron chi connectivity index (χ4n) is 4.27. The number of aromatic nitrogens is 3. The van der Waals surface area contributed by atoms with Crippen molar-refractivity contribution < 1.29 is 22.7 Å². The molecule has 3 aromatic rings. The monoisotopic (exact) mass is 523 g/mol. The molecule has 1 amide bonds. The quantitative estimate of drug-likeness (QED) is 0.446. The van der Waals surface area contributed by atoms with Crippen LogP contribution < -0.4 is 15.5 Å². The van der Waals surface area contributed by atoms with Crippen molar-refractivity contribution >= 4 is 40.8 Å². The number of amidine groups is 1. The van der Waals surface area contributed by atoms with Crippen molar-refractivity contribution in [2.75, 3.05) is 48.9 Å². The lowest BCUT2D eigenvalue weighted by molar-refractivity contribution is -0.137. The van der Waals surface area contributed by atoms with Gasteiger partial charge in [0.05, 0.1) is 18.7 Å². The number of rotatable bonds is 7. The number of aryl methyl sites for hydroxylation is 1. The largest absolute Gasteiger partial charge is 0.416 e. The smallest absolute Gasteiger partial charge is 0.383 e. The van der Waals surface area contributed by atoms with Crippen LogP contribution in [0.2, 0.25) is 0 Å². The molecule has 0 fully saturated rings. The van der Waals surface area contributed by atoms with Gasteiger partial charge >= 0.3 is 6.18 Å². The minimum atomic E-state index is -4.57. The van der Waals surface area contributed by atoms with E-state index in [-0.39, 0.29) is 5.69 Å². The lowest BCUT2D eigenvalue weighted by Gasteiger charge is -2.28. The van der Waals surface area contributed by atoms with Gasteiger partial charge in [0, 0.05) is 49.4 Å². The highest BCUT2D eigenvalue weighted by Crippen LogP contribution is 2.37. The third kappa shape index (κ3) is 5.07. The van der Waals surface area contributed by atoms with Crippen molar-refractivity contribution in [2.45, 2.75) is 13.1 Å². The van der Waals surface area contributed by atoms with Gasteiger partial charge in [-0.1, -0.05) is 6.07 Å². The standard InChI is InChI=1S/C26H24F3N7O2/c1-15-3-4-18(34-24(37)21-12-17(5-6-30-21)26(27,28)29)13-19(15)20-11-16-14-33-25(32-8-10-38-2)35-22(16)36-9-7-31-23(20)36/h3-6,11-14H,7-10H2,1-2H3,(H,34,37)(H,32,33,35). The number of carbonyl (C=O) groups excluding carboxylic acids is 1. The maximum atomic E-state index is 13.1. The predicted octanol–water partition coefficient (Wildman–Crippen LogP) is 4.28. The van der Waals surface area contributed by atoms with E-state index in [9.17, 15) is 18.0 Å². The summed E-state index contributed by atoms with van der Waals surface area (Å²) in [5.41, 5.74) is 2.56. The van der Waals surface area contributed by atoms with Gasteiger partial charge in [-0.2, -0.15) is 18.2 Å². The second-order valence-electron chi connectivity index (χ2n) is 8.72. The molecule has 0 spiro atoms. The Bertz CT molecular complexity index is 1450. The van der Waals surface area contributed by atoms with Crippen LogP contribution in [0.3, 0.4) is 0 Å². The third-order valence-electron chi connectivity index (χ3n) is 6.13. The van der Waals surface area contributed by atoms with E-state index in [4.69, 9.17) is 9.73 Å². The zero-order valence-corrected chi connectivity index (χ0v) is 20.6. The Hall–Kier alpha value is -4.32. The number of methoxy groups -OCH3 is 1. The summed E-state index contributed by atoms with van der Waals surface area (Å²) in [6, 6.07) is 6.86. The molecular formula is C26H24F3N7O2. The molecule has 0 bridgehead atoms. The Labute approximate surface area is 216 Å². The molecule has 2 aliphatic rings. The van der Waals surface area contributed by atoms with Crippen LogP contribution in [0.4, 0.5) is 30.6 Å². The fraction of sp³-hybridized carbons (Fsp3) is 0.269. The van der Waals surface area contributed by atoms with Crippen LogP contribution in [-0.2, 0) is 10.9 Å². The van der Waals surface area contributed by atoms with Crippen molar-refractivity contribution in [3.8, 4) is 0 Å². The molecule has 2 aromatic heterocycles. The van der Waals surface area contributed by atoms with Gasteiger partial charge in [0.25, 0.3) is 5.91 Å².